The molecule has 0 atom stereocenters. The first-order chi connectivity index (χ1) is 8.22. The average Bonchev–Trinajstić information content (AvgIpc) is 2.80. The largest absolute Gasteiger partial charge is 0.383 e. The van der Waals surface area contributed by atoms with Crippen LogP contribution in [0.5, 0.6) is 0 Å². The Labute approximate surface area is 103 Å². The molecule has 0 bridgehead atoms. The summed E-state index contributed by atoms with van der Waals surface area (Å²) in [5.74, 6) is 0. The Balaban J connectivity index is 2.47. The molecule has 1 N–H and O–H groups in total. The smallest absolute Gasteiger partial charge is 0.252 e. The van der Waals surface area contributed by atoms with Crippen LogP contribution in [0.4, 0.5) is 0 Å². The van der Waals surface area contributed by atoms with E-state index in [1.807, 2.05) is 10.6 Å². The minimum Gasteiger partial charge on any atom is -0.383 e. The molecule has 1 aromatic heterocycles. The van der Waals surface area contributed by atoms with E-state index in [2.05, 4.69) is 9.98 Å². The minimum atomic E-state index is -0.188. The highest BCUT2D eigenvalue weighted by atomic mass is 32.1. The summed E-state index contributed by atoms with van der Waals surface area (Å²) in [4.78, 5) is 18.2. The zero-order chi connectivity index (χ0) is 12.3. The van der Waals surface area contributed by atoms with Gasteiger partial charge in [0.1, 0.15) is 0 Å². The van der Waals surface area contributed by atoms with Crippen molar-refractivity contribution < 1.29 is 4.74 Å². The summed E-state index contributed by atoms with van der Waals surface area (Å²) in [6, 6.07) is 1.55. The Morgan fingerprint density at radius 1 is 1.65 bits per heavy atom. The van der Waals surface area contributed by atoms with E-state index >= 15 is 0 Å². The number of H-pyrrole nitrogens is 1. The van der Waals surface area contributed by atoms with Crippen molar-refractivity contribution in [2.45, 2.75) is 6.54 Å². The maximum atomic E-state index is 11.5. The quantitative estimate of drug-likeness (QED) is 0.813. The van der Waals surface area contributed by atoms with Crippen LogP contribution in [0.2, 0.25) is 0 Å². The van der Waals surface area contributed by atoms with Crippen molar-refractivity contribution in [3.05, 3.63) is 33.0 Å². The molecule has 0 unspecified atom stereocenters. The fraction of sp³-hybridized carbons (Fsp3) is 0.364. The fourth-order valence-electron chi connectivity index (χ4n) is 1.70. The molecule has 0 spiro atoms. The first kappa shape index (κ1) is 11.9. The van der Waals surface area contributed by atoms with E-state index in [0.29, 0.717) is 24.5 Å². The van der Waals surface area contributed by atoms with Gasteiger partial charge in [-0.3, -0.25) is 14.8 Å². The predicted octanol–water partition coefficient (Wildman–Crippen LogP) is 1.02. The van der Waals surface area contributed by atoms with E-state index in [1.165, 1.54) is 0 Å². The Morgan fingerprint density at radius 2 is 2.47 bits per heavy atom. The van der Waals surface area contributed by atoms with E-state index < -0.39 is 0 Å². The van der Waals surface area contributed by atoms with Crippen LogP contribution in [0.15, 0.2) is 21.9 Å². The van der Waals surface area contributed by atoms with Crippen molar-refractivity contribution in [1.29, 1.82) is 0 Å². The van der Waals surface area contributed by atoms with E-state index in [0.717, 1.165) is 11.3 Å². The number of rotatable bonds is 4. The lowest BCUT2D eigenvalue weighted by Gasteiger charge is -2.13. The number of aliphatic imine (C=N–C) groups is 1. The van der Waals surface area contributed by atoms with Gasteiger partial charge in [-0.1, -0.05) is 0 Å². The van der Waals surface area contributed by atoms with E-state index in [1.54, 1.807) is 19.4 Å². The Hall–Kier alpha value is -1.53. The molecule has 6 heteroatoms. The maximum absolute atomic E-state index is 11.5. The Kier molecular flexibility index (Phi) is 3.65. The minimum absolute atomic E-state index is 0.188. The number of nitrogens with zero attached hydrogens (tertiary/aromatic N) is 2. The van der Waals surface area contributed by atoms with E-state index in [4.69, 9.17) is 17.0 Å². The molecule has 90 valence electrons. The van der Waals surface area contributed by atoms with Gasteiger partial charge in [-0.15, -0.1) is 0 Å². The molecule has 1 aromatic rings. The molecule has 17 heavy (non-hydrogen) atoms. The fourth-order valence-corrected chi connectivity index (χ4v) is 1.99. The SMILES string of the molecule is COCCn1c(C2=CC=NC2)cc(=O)[nH]c1=S. The first-order valence-electron chi connectivity index (χ1n) is 5.25. The van der Waals surface area contributed by atoms with Crippen LogP contribution < -0.4 is 5.56 Å². The molecule has 0 amide bonds. The van der Waals surface area contributed by atoms with E-state index in [9.17, 15) is 4.79 Å². The summed E-state index contributed by atoms with van der Waals surface area (Å²) in [6.45, 7) is 1.74. The van der Waals surface area contributed by atoms with E-state index in [-0.39, 0.29) is 5.56 Å². The summed E-state index contributed by atoms with van der Waals surface area (Å²) < 4.78 is 7.31. The van der Waals surface area contributed by atoms with Crippen molar-refractivity contribution in [3.63, 3.8) is 0 Å². The van der Waals surface area contributed by atoms with Crippen molar-refractivity contribution in [2.24, 2.45) is 4.99 Å². The Morgan fingerprint density at radius 3 is 3.12 bits per heavy atom. The number of methoxy groups -OCH3 is 1. The van der Waals surface area contributed by atoms with Crippen LogP contribution >= 0.6 is 12.2 Å². The topological polar surface area (TPSA) is 59.4 Å². The lowest BCUT2D eigenvalue weighted by molar-refractivity contribution is 0.186. The van der Waals surface area contributed by atoms with Gasteiger partial charge in [-0.05, 0) is 23.9 Å². The molecule has 0 saturated heterocycles. The molecule has 0 aliphatic carbocycles. The van der Waals surface area contributed by atoms with Gasteiger partial charge in [0, 0.05) is 25.9 Å². The molecule has 0 aromatic carbocycles. The van der Waals surface area contributed by atoms with Gasteiger partial charge in [0.2, 0.25) is 0 Å². The second kappa shape index (κ2) is 5.20. The Bertz CT molecular complexity index is 583. The zero-order valence-corrected chi connectivity index (χ0v) is 10.3. The van der Waals surface area contributed by atoms with Gasteiger partial charge in [-0.2, -0.15) is 0 Å². The number of nitrogens with one attached hydrogen (secondary N) is 1. The predicted molar refractivity (Wildman–Crippen MR) is 69.1 cm³/mol. The van der Waals surface area contributed by atoms with Crippen LogP contribution in [0.25, 0.3) is 5.57 Å². The molecule has 0 fully saturated rings. The number of aromatic nitrogens is 2. The third-order valence-corrected chi connectivity index (χ3v) is 2.85. The molecule has 0 saturated carbocycles. The second-order valence-electron chi connectivity index (χ2n) is 3.65. The van der Waals surface area contributed by atoms with Crippen molar-refractivity contribution in [3.8, 4) is 0 Å². The van der Waals surface area contributed by atoms with Crippen molar-refractivity contribution in [2.75, 3.05) is 20.3 Å². The molecule has 2 heterocycles. The zero-order valence-electron chi connectivity index (χ0n) is 9.47. The summed E-state index contributed by atoms with van der Waals surface area (Å²) in [6.07, 6.45) is 3.63. The maximum Gasteiger partial charge on any atom is 0.252 e. The van der Waals surface area contributed by atoms with Crippen LogP contribution in [0.1, 0.15) is 5.69 Å². The second-order valence-corrected chi connectivity index (χ2v) is 4.04. The number of allylic oxidation sites excluding steroid dienone is 1. The normalized spacial score (nSPS) is 14.1. The first-order valence-corrected chi connectivity index (χ1v) is 5.65. The summed E-state index contributed by atoms with van der Waals surface area (Å²) in [5, 5.41) is 0. The molecular weight excluding hydrogens is 238 g/mol. The molecular formula is C11H13N3O2S. The lowest BCUT2D eigenvalue weighted by atomic mass is 10.2. The molecule has 5 nitrogen and oxygen atoms in total. The highest BCUT2D eigenvalue weighted by Gasteiger charge is 2.10. The monoisotopic (exact) mass is 251 g/mol. The molecule has 2 rings (SSSR count). The van der Waals surface area contributed by atoms with Crippen LogP contribution in [0.3, 0.4) is 0 Å². The third-order valence-electron chi connectivity index (χ3n) is 2.52. The van der Waals surface area contributed by atoms with Gasteiger partial charge < -0.3 is 9.30 Å². The van der Waals surface area contributed by atoms with Crippen molar-refractivity contribution >= 4 is 24.0 Å². The van der Waals surface area contributed by atoms with Gasteiger partial charge in [0.05, 0.1) is 18.8 Å². The van der Waals surface area contributed by atoms with Gasteiger partial charge in [-0.25, -0.2) is 0 Å². The molecule has 1 aliphatic rings. The van der Waals surface area contributed by atoms with Gasteiger partial charge in [0.15, 0.2) is 4.77 Å². The number of ether oxygens (including phenoxy) is 1. The average molecular weight is 251 g/mol. The standard InChI is InChI=1S/C11H13N3O2S/c1-16-5-4-14-9(8-2-3-12-7-8)6-10(15)13-11(14)17/h2-3,6H,4-5,7H2,1H3,(H,13,15,17). The summed E-state index contributed by atoms with van der Waals surface area (Å²) in [7, 11) is 1.63. The third kappa shape index (κ3) is 2.59. The highest BCUT2D eigenvalue weighted by molar-refractivity contribution is 7.71. The summed E-state index contributed by atoms with van der Waals surface area (Å²) >= 11 is 5.16. The molecule has 0 radical (unpaired) electrons. The number of hydrogen-bond acceptors (Lipinski definition) is 4. The highest BCUT2D eigenvalue weighted by Crippen LogP contribution is 2.15. The van der Waals surface area contributed by atoms with Gasteiger partial charge >= 0.3 is 0 Å². The van der Waals surface area contributed by atoms with Crippen LogP contribution in [0, 0.1) is 4.77 Å². The van der Waals surface area contributed by atoms with Crippen LogP contribution in [-0.2, 0) is 11.3 Å². The lowest BCUT2D eigenvalue weighted by Crippen LogP contribution is -2.19. The van der Waals surface area contributed by atoms with Gasteiger partial charge in [0.25, 0.3) is 5.56 Å². The van der Waals surface area contributed by atoms with Crippen molar-refractivity contribution in [1.82, 2.24) is 9.55 Å². The number of aromatic amines is 1. The number of hydrogen-bond donors (Lipinski definition) is 1. The molecule has 1 aliphatic heterocycles. The van der Waals surface area contributed by atoms with Crippen LogP contribution in [-0.4, -0.2) is 36.0 Å². The summed E-state index contributed by atoms with van der Waals surface area (Å²) in [5.41, 5.74) is 1.62.